The molecule has 1 unspecified atom stereocenters. The zero-order chi connectivity index (χ0) is 19.9. The maximum Gasteiger partial charge on any atom is 0.343 e. The first kappa shape index (κ1) is 19.9. The Morgan fingerprint density at radius 1 is 1.21 bits per heavy atom. The lowest BCUT2D eigenvalue weighted by Gasteiger charge is -2.14. The van der Waals surface area contributed by atoms with E-state index in [1.54, 1.807) is 12.1 Å². The van der Waals surface area contributed by atoms with Crippen molar-refractivity contribution in [3.05, 3.63) is 82.0 Å². The molecular formula is C20H21FN4O2S. The molecule has 1 atom stereocenters. The monoisotopic (exact) mass is 400 g/mol. The first-order valence-electron chi connectivity index (χ1n) is 8.89. The summed E-state index contributed by atoms with van der Waals surface area (Å²) in [4.78, 5) is 24.2. The van der Waals surface area contributed by atoms with Gasteiger partial charge in [-0.2, -0.15) is 0 Å². The van der Waals surface area contributed by atoms with Crippen molar-refractivity contribution in [3.8, 4) is 0 Å². The Morgan fingerprint density at radius 2 is 1.93 bits per heavy atom. The van der Waals surface area contributed by atoms with Crippen LogP contribution in [0.3, 0.4) is 0 Å². The van der Waals surface area contributed by atoms with Crippen molar-refractivity contribution in [2.45, 2.75) is 31.1 Å². The molecule has 3 aromatic rings. The topological polar surface area (TPSA) is 79.8 Å². The third kappa shape index (κ3) is 5.32. The van der Waals surface area contributed by atoms with Gasteiger partial charge in [0.25, 0.3) is 0 Å². The molecule has 0 aliphatic rings. The lowest BCUT2D eigenvalue weighted by Crippen LogP contribution is -2.28. The Bertz CT molecular complexity index is 970. The largest absolute Gasteiger partial charge is 0.349 e. The van der Waals surface area contributed by atoms with E-state index in [0.717, 1.165) is 11.1 Å². The van der Waals surface area contributed by atoms with Gasteiger partial charge in [0.15, 0.2) is 5.16 Å². The molecular weight excluding hydrogens is 379 g/mol. The van der Waals surface area contributed by atoms with Crippen molar-refractivity contribution < 1.29 is 9.18 Å². The van der Waals surface area contributed by atoms with Crippen molar-refractivity contribution >= 4 is 17.7 Å². The maximum absolute atomic E-state index is 13.0. The Hall–Kier alpha value is -2.87. The molecule has 1 amide bonds. The molecule has 28 heavy (non-hydrogen) atoms. The molecule has 8 heteroatoms. The highest BCUT2D eigenvalue weighted by molar-refractivity contribution is 7.99. The van der Waals surface area contributed by atoms with E-state index >= 15 is 0 Å². The molecule has 146 valence electrons. The second kappa shape index (κ2) is 9.36. The Kier molecular flexibility index (Phi) is 6.65. The molecule has 0 fully saturated rings. The zero-order valence-corrected chi connectivity index (χ0v) is 16.2. The second-order valence-corrected chi connectivity index (χ2v) is 7.27. The molecule has 0 saturated carbocycles. The highest BCUT2D eigenvalue weighted by Crippen LogP contribution is 2.16. The molecule has 0 aliphatic carbocycles. The molecule has 0 spiro atoms. The molecule has 2 aromatic carbocycles. The van der Waals surface area contributed by atoms with Gasteiger partial charge in [-0.3, -0.25) is 9.36 Å². The lowest BCUT2D eigenvalue weighted by molar-refractivity contribution is -0.119. The van der Waals surface area contributed by atoms with Crippen LogP contribution in [-0.2, 0) is 17.8 Å². The number of aromatic amines is 1. The fourth-order valence-corrected chi connectivity index (χ4v) is 3.53. The predicted molar refractivity (Wildman–Crippen MR) is 107 cm³/mol. The van der Waals surface area contributed by atoms with E-state index in [2.05, 4.69) is 15.5 Å². The third-order valence-corrected chi connectivity index (χ3v) is 5.25. The quantitative estimate of drug-likeness (QED) is 0.570. The van der Waals surface area contributed by atoms with Crippen molar-refractivity contribution in [3.63, 3.8) is 0 Å². The lowest BCUT2D eigenvalue weighted by atomic mass is 10.1. The van der Waals surface area contributed by atoms with Crippen LogP contribution in [0.15, 0.2) is 64.5 Å². The summed E-state index contributed by atoms with van der Waals surface area (Å²) < 4.78 is 14.5. The highest BCUT2D eigenvalue weighted by atomic mass is 32.2. The van der Waals surface area contributed by atoms with E-state index in [0.29, 0.717) is 18.1 Å². The summed E-state index contributed by atoms with van der Waals surface area (Å²) >= 11 is 1.20. The normalized spacial score (nSPS) is 11.9. The second-order valence-electron chi connectivity index (χ2n) is 6.33. The summed E-state index contributed by atoms with van der Waals surface area (Å²) in [6.45, 7) is 2.31. The van der Waals surface area contributed by atoms with Gasteiger partial charge in [0, 0.05) is 6.54 Å². The Labute approximate surface area is 166 Å². The van der Waals surface area contributed by atoms with Gasteiger partial charge >= 0.3 is 5.69 Å². The summed E-state index contributed by atoms with van der Waals surface area (Å²) in [6.07, 6.45) is 0.696. The van der Waals surface area contributed by atoms with Gasteiger partial charge in [0.1, 0.15) is 5.82 Å². The minimum absolute atomic E-state index is 0.126. The number of hydrogen-bond donors (Lipinski definition) is 2. The summed E-state index contributed by atoms with van der Waals surface area (Å²) in [5.41, 5.74) is 1.65. The molecule has 0 radical (unpaired) electrons. The fourth-order valence-electron chi connectivity index (χ4n) is 2.74. The van der Waals surface area contributed by atoms with Crippen LogP contribution in [0.5, 0.6) is 0 Å². The fraction of sp³-hybridized carbons (Fsp3) is 0.250. The number of carbonyl (C=O) groups excluding carboxylic acids is 1. The van der Waals surface area contributed by atoms with E-state index in [1.165, 1.54) is 28.5 Å². The van der Waals surface area contributed by atoms with Crippen LogP contribution in [0.2, 0.25) is 0 Å². The average Bonchev–Trinajstić information content (AvgIpc) is 3.05. The van der Waals surface area contributed by atoms with Crippen molar-refractivity contribution in [1.82, 2.24) is 20.1 Å². The number of rotatable bonds is 8. The minimum atomic E-state index is -0.315. The molecule has 0 saturated heterocycles. The van der Waals surface area contributed by atoms with Gasteiger partial charge in [-0.15, -0.1) is 5.10 Å². The summed E-state index contributed by atoms with van der Waals surface area (Å²) in [7, 11) is 0. The number of aromatic nitrogens is 3. The predicted octanol–water partition coefficient (Wildman–Crippen LogP) is 2.92. The Balaban J connectivity index is 1.54. The maximum atomic E-state index is 13.0. The molecule has 2 N–H and O–H groups in total. The number of thioether (sulfide) groups is 1. The van der Waals surface area contributed by atoms with Gasteiger partial charge in [0.05, 0.1) is 11.8 Å². The van der Waals surface area contributed by atoms with E-state index in [9.17, 15) is 14.0 Å². The van der Waals surface area contributed by atoms with Crippen molar-refractivity contribution in [2.75, 3.05) is 5.75 Å². The summed E-state index contributed by atoms with van der Waals surface area (Å²) in [5.74, 6) is -0.377. The van der Waals surface area contributed by atoms with E-state index in [-0.39, 0.29) is 29.2 Å². The molecule has 1 heterocycles. The molecule has 1 aromatic heterocycles. The first-order valence-corrected chi connectivity index (χ1v) is 9.88. The SMILES string of the molecule is CC(NC(=O)CSc1n[nH]c(=O)n1CCc1ccccc1)c1ccc(F)cc1. The van der Waals surface area contributed by atoms with Gasteiger partial charge in [-0.05, 0) is 36.6 Å². The summed E-state index contributed by atoms with van der Waals surface area (Å²) in [6, 6.07) is 15.6. The first-order chi connectivity index (χ1) is 13.5. The number of benzene rings is 2. The number of halogens is 1. The molecule has 3 rings (SSSR count). The molecule has 0 bridgehead atoms. The minimum Gasteiger partial charge on any atom is -0.349 e. The van der Waals surface area contributed by atoms with E-state index < -0.39 is 0 Å². The third-order valence-electron chi connectivity index (χ3n) is 4.27. The Morgan fingerprint density at radius 3 is 2.64 bits per heavy atom. The van der Waals surface area contributed by atoms with Crippen molar-refractivity contribution in [2.24, 2.45) is 0 Å². The van der Waals surface area contributed by atoms with Crippen LogP contribution in [0, 0.1) is 5.82 Å². The van der Waals surface area contributed by atoms with Gasteiger partial charge in [-0.25, -0.2) is 14.3 Å². The van der Waals surface area contributed by atoms with Crippen molar-refractivity contribution in [1.29, 1.82) is 0 Å². The van der Waals surface area contributed by atoms with Gasteiger partial charge in [0.2, 0.25) is 5.91 Å². The highest BCUT2D eigenvalue weighted by Gasteiger charge is 2.14. The summed E-state index contributed by atoms with van der Waals surface area (Å²) in [5, 5.41) is 9.79. The number of aryl methyl sites for hydroxylation is 1. The van der Waals surface area contributed by atoms with Gasteiger partial charge < -0.3 is 5.32 Å². The molecule has 6 nitrogen and oxygen atoms in total. The number of H-pyrrole nitrogens is 1. The van der Waals surface area contributed by atoms with Gasteiger partial charge in [-0.1, -0.05) is 54.2 Å². The molecule has 0 aliphatic heterocycles. The number of amides is 1. The smallest absolute Gasteiger partial charge is 0.343 e. The zero-order valence-electron chi connectivity index (χ0n) is 15.4. The van der Waals surface area contributed by atoms with Crippen LogP contribution in [0.1, 0.15) is 24.1 Å². The van der Waals surface area contributed by atoms with Crippen LogP contribution in [0.4, 0.5) is 4.39 Å². The van der Waals surface area contributed by atoms with Crippen LogP contribution in [-0.4, -0.2) is 26.4 Å². The number of hydrogen-bond acceptors (Lipinski definition) is 4. The van der Waals surface area contributed by atoms with Crippen LogP contribution >= 0.6 is 11.8 Å². The van der Waals surface area contributed by atoms with E-state index in [4.69, 9.17) is 0 Å². The van der Waals surface area contributed by atoms with Crippen LogP contribution < -0.4 is 11.0 Å². The number of nitrogens with one attached hydrogen (secondary N) is 2. The van der Waals surface area contributed by atoms with E-state index in [1.807, 2.05) is 37.3 Å². The average molecular weight is 400 g/mol. The number of nitrogens with zero attached hydrogens (tertiary/aromatic N) is 2. The number of carbonyl (C=O) groups is 1. The van der Waals surface area contributed by atoms with Crippen LogP contribution in [0.25, 0.3) is 0 Å². The standard InChI is InChI=1S/C20H21FN4O2S/c1-14(16-7-9-17(21)10-8-16)22-18(26)13-28-20-24-23-19(27)25(20)12-11-15-5-3-2-4-6-15/h2-10,14H,11-13H2,1H3,(H,22,26)(H,23,27).